The predicted molar refractivity (Wildman–Crippen MR) is 95.8 cm³/mol. The number of benzene rings is 1. The highest BCUT2D eigenvalue weighted by Crippen LogP contribution is 2.35. The Balaban J connectivity index is 2.15. The van der Waals surface area contributed by atoms with Gasteiger partial charge < -0.3 is 21.5 Å². The number of carbonyl (C=O) groups is 1. The van der Waals surface area contributed by atoms with Gasteiger partial charge in [0.2, 0.25) is 5.91 Å². The zero-order chi connectivity index (χ0) is 18.7. The van der Waals surface area contributed by atoms with Crippen LogP contribution in [0.2, 0.25) is 0 Å². The maximum Gasteiger partial charge on any atom is 0.240 e. The second-order valence-corrected chi connectivity index (χ2v) is 6.83. The van der Waals surface area contributed by atoms with E-state index in [1.807, 2.05) is 6.07 Å². The third kappa shape index (κ3) is 3.24. The molecule has 0 spiro atoms. The van der Waals surface area contributed by atoms with Gasteiger partial charge in [0.05, 0.1) is 23.2 Å². The third-order valence-corrected chi connectivity index (χ3v) is 4.77. The van der Waals surface area contributed by atoms with Crippen molar-refractivity contribution in [3.63, 3.8) is 0 Å². The molecule has 1 saturated heterocycles. The molecule has 0 bridgehead atoms. The first-order chi connectivity index (χ1) is 12.5. The monoisotopic (exact) mass is 354 g/mol. The molecule has 3 rings (SSSR count). The van der Waals surface area contributed by atoms with Crippen LogP contribution in [0.25, 0.3) is 11.0 Å². The summed E-state index contributed by atoms with van der Waals surface area (Å²) in [7, 11) is 0. The van der Waals surface area contributed by atoms with Gasteiger partial charge in [0.25, 0.3) is 0 Å². The van der Waals surface area contributed by atoms with Crippen LogP contribution in [0, 0.1) is 17.2 Å². The van der Waals surface area contributed by atoms with E-state index >= 15 is 0 Å². The molecule has 5 N–H and O–H groups in total. The van der Waals surface area contributed by atoms with Crippen LogP contribution in [0.1, 0.15) is 24.5 Å². The van der Waals surface area contributed by atoms with Crippen molar-refractivity contribution in [2.75, 3.05) is 19.7 Å². The van der Waals surface area contributed by atoms with E-state index in [0.29, 0.717) is 35.5 Å². The lowest BCUT2D eigenvalue weighted by molar-refractivity contribution is -0.125. The first kappa shape index (κ1) is 18.2. The van der Waals surface area contributed by atoms with E-state index in [0.717, 1.165) is 12.1 Å². The normalized spacial score (nSPS) is 24.0. The number of hydrogen-bond acceptors (Lipinski definition) is 7. The first-order valence-electron chi connectivity index (χ1n) is 8.54. The van der Waals surface area contributed by atoms with Gasteiger partial charge in [-0.3, -0.25) is 14.8 Å². The Morgan fingerprint density at radius 3 is 2.88 bits per heavy atom. The fourth-order valence-electron chi connectivity index (χ4n) is 3.58. The van der Waals surface area contributed by atoms with Crippen molar-refractivity contribution in [1.82, 2.24) is 20.6 Å². The van der Waals surface area contributed by atoms with Crippen LogP contribution < -0.4 is 16.4 Å². The van der Waals surface area contributed by atoms with E-state index in [1.165, 1.54) is 0 Å². The molecule has 1 aromatic heterocycles. The minimum absolute atomic E-state index is 0.303. The van der Waals surface area contributed by atoms with Crippen LogP contribution in [-0.4, -0.2) is 46.7 Å². The molecule has 1 amide bonds. The minimum atomic E-state index is -1.00. The Labute approximate surface area is 151 Å². The van der Waals surface area contributed by atoms with Gasteiger partial charge >= 0.3 is 0 Å². The van der Waals surface area contributed by atoms with Crippen LogP contribution in [0.3, 0.4) is 0 Å². The van der Waals surface area contributed by atoms with Gasteiger partial charge in [-0.2, -0.15) is 5.26 Å². The van der Waals surface area contributed by atoms with Gasteiger partial charge in [-0.25, -0.2) is 0 Å². The number of nitriles is 1. The topological polar surface area (TPSA) is 137 Å². The smallest absolute Gasteiger partial charge is 0.240 e. The molecule has 8 heteroatoms. The number of fused-ring (bicyclic) bond motifs is 1. The van der Waals surface area contributed by atoms with Crippen LogP contribution in [0.5, 0.6) is 0 Å². The number of nitrogens with zero attached hydrogens (tertiary/aromatic N) is 3. The highest BCUT2D eigenvalue weighted by atomic mass is 16.3. The van der Waals surface area contributed by atoms with Gasteiger partial charge in [-0.05, 0) is 24.9 Å². The lowest BCUT2D eigenvalue weighted by Crippen LogP contribution is -2.60. The third-order valence-electron chi connectivity index (χ3n) is 4.77. The number of aliphatic hydroxyl groups is 1. The lowest BCUT2D eigenvalue weighted by Gasteiger charge is -2.42. The summed E-state index contributed by atoms with van der Waals surface area (Å²) in [6.45, 7) is 3.00. The van der Waals surface area contributed by atoms with Crippen molar-refractivity contribution in [3.05, 3.63) is 35.7 Å². The molecule has 0 aliphatic carbocycles. The van der Waals surface area contributed by atoms with Gasteiger partial charge in [0.15, 0.2) is 0 Å². The average molecular weight is 354 g/mol. The average Bonchev–Trinajstić information content (AvgIpc) is 2.66. The number of nitrogens with two attached hydrogens (primary N) is 1. The molecule has 8 nitrogen and oxygen atoms in total. The van der Waals surface area contributed by atoms with Crippen molar-refractivity contribution < 1.29 is 9.90 Å². The molecule has 1 aromatic carbocycles. The summed E-state index contributed by atoms with van der Waals surface area (Å²) in [4.78, 5) is 21.2. The molecular formula is C18H22N6O2. The SMILES string of the molecule is C[C@@H]1CNC[C@](NC(=O)[C@H](N)CO)(c2ccc(C#N)c3nccnc23)C1. The van der Waals surface area contributed by atoms with E-state index in [4.69, 9.17) is 5.73 Å². The highest BCUT2D eigenvalue weighted by Gasteiger charge is 2.40. The zero-order valence-corrected chi connectivity index (χ0v) is 14.6. The minimum Gasteiger partial charge on any atom is -0.394 e. The van der Waals surface area contributed by atoms with Gasteiger partial charge in [0, 0.05) is 24.5 Å². The zero-order valence-electron chi connectivity index (χ0n) is 14.6. The van der Waals surface area contributed by atoms with Crippen molar-refractivity contribution in [2.24, 2.45) is 11.7 Å². The Kier molecular flexibility index (Phi) is 5.13. The molecule has 1 aliphatic rings. The summed E-state index contributed by atoms with van der Waals surface area (Å²) in [6, 6.07) is 4.65. The standard InChI is InChI=1S/C18H22N6O2/c1-11-6-18(10-21-8-11,24-17(26)14(20)9-25)13-3-2-12(7-19)15-16(13)23-5-4-22-15/h2-5,11,14,21,25H,6,8-10,20H2,1H3,(H,24,26)/t11-,14+,18-/m0/s1. The number of aromatic nitrogens is 2. The van der Waals surface area contributed by atoms with Crippen molar-refractivity contribution in [2.45, 2.75) is 24.9 Å². The maximum absolute atomic E-state index is 12.5. The Morgan fingerprint density at radius 1 is 1.50 bits per heavy atom. The van der Waals surface area contributed by atoms with Gasteiger partial charge in [0.1, 0.15) is 17.6 Å². The maximum atomic E-state index is 12.5. The largest absolute Gasteiger partial charge is 0.394 e. The van der Waals surface area contributed by atoms with E-state index in [1.54, 1.807) is 18.5 Å². The Morgan fingerprint density at radius 2 is 2.23 bits per heavy atom. The summed E-state index contributed by atoms with van der Waals surface area (Å²) in [5.41, 5.74) is 7.27. The van der Waals surface area contributed by atoms with Gasteiger partial charge in [-0.1, -0.05) is 13.0 Å². The number of aliphatic hydroxyl groups excluding tert-OH is 1. The second kappa shape index (κ2) is 7.33. The van der Waals surface area contributed by atoms with Crippen molar-refractivity contribution in [3.8, 4) is 6.07 Å². The number of carbonyl (C=O) groups excluding carboxylic acids is 1. The number of piperidine rings is 1. The predicted octanol–water partition coefficient (Wildman–Crippen LogP) is -0.238. The fraction of sp³-hybridized carbons (Fsp3) is 0.444. The Hall–Kier alpha value is -2.60. The van der Waals surface area contributed by atoms with E-state index < -0.39 is 24.1 Å². The molecule has 0 radical (unpaired) electrons. The molecule has 1 aliphatic heterocycles. The summed E-state index contributed by atoms with van der Waals surface area (Å²) in [5, 5.41) is 24.9. The van der Waals surface area contributed by atoms with Crippen LogP contribution >= 0.6 is 0 Å². The number of hydrogen-bond donors (Lipinski definition) is 4. The molecule has 2 heterocycles. The summed E-state index contributed by atoms with van der Waals surface area (Å²) in [5.74, 6) is -0.124. The number of amides is 1. The van der Waals surface area contributed by atoms with Crippen LogP contribution in [-0.2, 0) is 10.3 Å². The molecule has 136 valence electrons. The van der Waals surface area contributed by atoms with Gasteiger partial charge in [-0.15, -0.1) is 0 Å². The second-order valence-electron chi connectivity index (χ2n) is 6.83. The van der Waals surface area contributed by atoms with E-state index in [-0.39, 0.29) is 0 Å². The molecular weight excluding hydrogens is 332 g/mol. The van der Waals surface area contributed by atoms with Crippen molar-refractivity contribution in [1.29, 1.82) is 5.26 Å². The summed E-state index contributed by atoms with van der Waals surface area (Å²) < 4.78 is 0. The molecule has 0 unspecified atom stereocenters. The molecule has 0 saturated carbocycles. The lowest BCUT2D eigenvalue weighted by atomic mass is 9.78. The summed E-state index contributed by atoms with van der Waals surface area (Å²) >= 11 is 0. The molecule has 26 heavy (non-hydrogen) atoms. The van der Waals surface area contributed by atoms with E-state index in [9.17, 15) is 15.2 Å². The molecule has 1 fully saturated rings. The highest BCUT2D eigenvalue weighted by molar-refractivity contribution is 5.87. The van der Waals surface area contributed by atoms with E-state index in [2.05, 4.69) is 33.6 Å². The quantitative estimate of drug-likeness (QED) is 0.595. The first-order valence-corrected chi connectivity index (χ1v) is 8.54. The summed E-state index contributed by atoms with van der Waals surface area (Å²) in [6.07, 6.45) is 3.80. The molecule has 2 aromatic rings. The number of rotatable bonds is 4. The van der Waals surface area contributed by atoms with Crippen LogP contribution in [0.4, 0.5) is 0 Å². The number of nitrogens with one attached hydrogen (secondary N) is 2. The molecule has 3 atom stereocenters. The Bertz CT molecular complexity index is 864. The van der Waals surface area contributed by atoms with Crippen LogP contribution in [0.15, 0.2) is 24.5 Å². The fourth-order valence-corrected chi connectivity index (χ4v) is 3.58. The van der Waals surface area contributed by atoms with Crippen molar-refractivity contribution >= 4 is 16.9 Å².